The lowest BCUT2D eigenvalue weighted by Crippen LogP contribution is -2.15. The van der Waals surface area contributed by atoms with Crippen LogP contribution >= 0.6 is 11.6 Å². The van der Waals surface area contributed by atoms with Gasteiger partial charge in [0, 0.05) is 16.8 Å². The summed E-state index contributed by atoms with van der Waals surface area (Å²) in [6.45, 7) is 3.55. The summed E-state index contributed by atoms with van der Waals surface area (Å²) in [5.41, 5.74) is 2.14. The molecular weight excluding hydrogens is 224 g/mol. The van der Waals surface area contributed by atoms with Crippen molar-refractivity contribution in [1.29, 1.82) is 0 Å². The van der Waals surface area contributed by atoms with Gasteiger partial charge >= 0.3 is 0 Å². The van der Waals surface area contributed by atoms with Gasteiger partial charge in [0.1, 0.15) is 5.69 Å². The quantitative estimate of drug-likeness (QED) is 0.760. The second-order valence-corrected chi connectivity index (χ2v) is 4.06. The summed E-state index contributed by atoms with van der Waals surface area (Å²) in [6.07, 6.45) is 0. The van der Waals surface area contributed by atoms with Crippen molar-refractivity contribution >= 4 is 11.6 Å². The molecule has 0 aliphatic rings. The van der Waals surface area contributed by atoms with Gasteiger partial charge in [-0.05, 0) is 38.1 Å². The minimum atomic E-state index is -0.0392. The first-order valence-electron chi connectivity index (χ1n) is 4.91. The lowest BCUT2D eigenvalue weighted by Gasteiger charge is -2.09. The highest BCUT2D eigenvalue weighted by Gasteiger charge is 2.03. The number of halogens is 1. The third-order valence-electron chi connectivity index (χ3n) is 2.35. The van der Waals surface area contributed by atoms with Gasteiger partial charge in [0.2, 0.25) is 5.43 Å². The molecule has 16 heavy (non-hydrogen) atoms. The molecule has 0 saturated heterocycles. The Labute approximate surface area is 98.3 Å². The van der Waals surface area contributed by atoms with Gasteiger partial charge in [0.05, 0.1) is 5.69 Å². The van der Waals surface area contributed by atoms with E-state index in [9.17, 15) is 4.79 Å². The van der Waals surface area contributed by atoms with Crippen LogP contribution in [0.25, 0.3) is 5.69 Å². The maximum absolute atomic E-state index is 11.4. The van der Waals surface area contributed by atoms with Crippen molar-refractivity contribution in [2.45, 2.75) is 13.8 Å². The van der Waals surface area contributed by atoms with E-state index < -0.39 is 0 Å². The summed E-state index contributed by atoms with van der Waals surface area (Å²) >= 11 is 5.82. The molecule has 0 fully saturated rings. The Morgan fingerprint density at radius 2 is 1.81 bits per heavy atom. The van der Waals surface area contributed by atoms with Crippen molar-refractivity contribution in [3.63, 3.8) is 0 Å². The van der Waals surface area contributed by atoms with Gasteiger partial charge in [0.15, 0.2) is 0 Å². The van der Waals surface area contributed by atoms with Crippen LogP contribution in [0.2, 0.25) is 5.02 Å². The fraction of sp³-hybridized carbons (Fsp3) is 0.167. The first kappa shape index (κ1) is 10.9. The van der Waals surface area contributed by atoms with Crippen LogP contribution in [0.1, 0.15) is 11.4 Å². The van der Waals surface area contributed by atoms with Crippen LogP contribution in [0.4, 0.5) is 0 Å². The SMILES string of the molecule is Cc1nn(-c2ccc(Cl)cc2)c(C)cc1=O. The maximum atomic E-state index is 11.4. The summed E-state index contributed by atoms with van der Waals surface area (Å²) in [5.74, 6) is 0. The molecule has 4 heteroatoms. The van der Waals surface area contributed by atoms with E-state index in [0.29, 0.717) is 10.7 Å². The molecular formula is C12H11ClN2O. The minimum absolute atomic E-state index is 0.0392. The molecule has 2 aromatic rings. The molecule has 1 aromatic carbocycles. The van der Waals surface area contributed by atoms with E-state index in [4.69, 9.17) is 11.6 Å². The fourth-order valence-electron chi connectivity index (χ4n) is 1.48. The molecule has 2 rings (SSSR count). The van der Waals surface area contributed by atoms with Crippen LogP contribution in [-0.2, 0) is 0 Å². The standard InChI is InChI=1S/C12H11ClN2O/c1-8-7-12(16)9(2)14-15(8)11-5-3-10(13)4-6-11/h3-7H,1-2H3. The van der Waals surface area contributed by atoms with Gasteiger partial charge in [-0.1, -0.05) is 11.6 Å². The average molecular weight is 235 g/mol. The first-order chi connectivity index (χ1) is 7.58. The summed E-state index contributed by atoms with van der Waals surface area (Å²) in [6, 6.07) is 8.91. The van der Waals surface area contributed by atoms with Gasteiger partial charge in [0.25, 0.3) is 0 Å². The van der Waals surface area contributed by atoms with Gasteiger partial charge in [-0.2, -0.15) is 5.10 Å². The molecule has 1 aromatic heterocycles. The Kier molecular flexibility index (Phi) is 2.79. The highest BCUT2D eigenvalue weighted by atomic mass is 35.5. The number of aromatic nitrogens is 2. The molecule has 0 atom stereocenters. The summed E-state index contributed by atoms with van der Waals surface area (Å²) in [5, 5.41) is 4.91. The van der Waals surface area contributed by atoms with Crippen molar-refractivity contribution in [3.05, 3.63) is 57.0 Å². The predicted octanol–water partition coefficient (Wildman–Crippen LogP) is 2.50. The van der Waals surface area contributed by atoms with E-state index in [0.717, 1.165) is 11.4 Å². The topological polar surface area (TPSA) is 34.9 Å². The zero-order chi connectivity index (χ0) is 11.7. The van der Waals surface area contributed by atoms with E-state index in [-0.39, 0.29) is 5.43 Å². The van der Waals surface area contributed by atoms with Crippen LogP contribution < -0.4 is 5.43 Å². The third-order valence-corrected chi connectivity index (χ3v) is 2.60. The van der Waals surface area contributed by atoms with Gasteiger partial charge in [-0.15, -0.1) is 0 Å². The predicted molar refractivity (Wildman–Crippen MR) is 64.3 cm³/mol. The number of aryl methyl sites for hydroxylation is 2. The zero-order valence-corrected chi connectivity index (χ0v) is 9.82. The second-order valence-electron chi connectivity index (χ2n) is 3.62. The van der Waals surface area contributed by atoms with Crippen LogP contribution in [0, 0.1) is 13.8 Å². The lowest BCUT2D eigenvalue weighted by atomic mass is 10.3. The van der Waals surface area contributed by atoms with E-state index in [1.807, 2.05) is 19.1 Å². The lowest BCUT2D eigenvalue weighted by molar-refractivity contribution is 0.777. The second kappa shape index (κ2) is 4.10. The normalized spacial score (nSPS) is 10.4. The molecule has 0 aliphatic carbocycles. The summed E-state index contributed by atoms with van der Waals surface area (Å²) < 4.78 is 1.73. The highest BCUT2D eigenvalue weighted by molar-refractivity contribution is 6.30. The van der Waals surface area contributed by atoms with Crippen molar-refractivity contribution < 1.29 is 0 Å². The van der Waals surface area contributed by atoms with Crippen LogP contribution in [0.5, 0.6) is 0 Å². The van der Waals surface area contributed by atoms with Crippen molar-refractivity contribution in [1.82, 2.24) is 9.78 Å². The Morgan fingerprint density at radius 3 is 2.44 bits per heavy atom. The number of nitrogens with zero attached hydrogens (tertiary/aromatic N) is 2. The van der Waals surface area contributed by atoms with Crippen molar-refractivity contribution in [3.8, 4) is 5.69 Å². The van der Waals surface area contributed by atoms with Gasteiger partial charge in [-0.3, -0.25) is 4.79 Å². The van der Waals surface area contributed by atoms with E-state index in [2.05, 4.69) is 5.10 Å². The van der Waals surface area contributed by atoms with Crippen molar-refractivity contribution in [2.75, 3.05) is 0 Å². The fourth-order valence-corrected chi connectivity index (χ4v) is 1.60. The van der Waals surface area contributed by atoms with Gasteiger partial charge in [-0.25, -0.2) is 4.68 Å². The molecule has 0 amide bonds. The Morgan fingerprint density at radius 1 is 1.19 bits per heavy atom. The zero-order valence-electron chi connectivity index (χ0n) is 9.07. The molecule has 0 unspecified atom stereocenters. The maximum Gasteiger partial charge on any atom is 0.203 e. The third kappa shape index (κ3) is 1.99. The van der Waals surface area contributed by atoms with Crippen LogP contribution in [-0.4, -0.2) is 9.78 Å². The van der Waals surface area contributed by atoms with E-state index in [1.54, 1.807) is 29.8 Å². The van der Waals surface area contributed by atoms with Gasteiger partial charge < -0.3 is 0 Å². The number of benzene rings is 1. The molecule has 3 nitrogen and oxygen atoms in total. The van der Waals surface area contributed by atoms with Crippen molar-refractivity contribution in [2.24, 2.45) is 0 Å². The average Bonchev–Trinajstić information content (AvgIpc) is 2.25. The van der Waals surface area contributed by atoms with E-state index in [1.165, 1.54) is 0 Å². The molecule has 0 saturated carbocycles. The molecule has 1 heterocycles. The Bertz CT molecular complexity index is 573. The molecule has 0 N–H and O–H groups in total. The smallest absolute Gasteiger partial charge is 0.203 e. The highest BCUT2D eigenvalue weighted by Crippen LogP contribution is 2.13. The molecule has 0 bridgehead atoms. The van der Waals surface area contributed by atoms with Crippen LogP contribution in [0.15, 0.2) is 35.1 Å². The number of hydrogen-bond acceptors (Lipinski definition) is 2. The molecule has 82 valence electrons. The summed E-state index contributed by atoms with van der Waals surface area (Å²) in [4.78, 5) is 11.4. The Hall–Kier alpha value is -1.61. The minimum Gasteiger partial charge on any atom is -0.288 e. The molecule has 0 aliphatic heterocycles. The van der Waals surface area contributed by atoms with E-state index >= 15 is 0 Å². The number of hydrogen-bond donors (Lipinski definition) is 0. The summed E-state index contributed by atoms with van der Waals surface area (Å²) in [7, 11) is 0. The first-order valence-corrected chi connectivity index (χ1v) is 5.29. The largest absolute Gasteiger partial charge is 0.288 e. The van der Waals surface area contributed by atoms with Crippen LogP contribution in [0.3, 0.4) is 0 Å². The molecule has 0 radical (unpaired) electrons. The molecule has 0 spiro atoms. The Balaban J connectivity index is 2.60. The number of rotatable bonds is 1. The monoisotopic (exact) mass is 234 g/mol.